The van der Waals surface area contributed by atoms with E-state index in [-0.39, 0.29) is 11.8 Å². The van der Waals surface area contributed by atoms with Gasteiger partial charge in [0.05, 0.1) is 6.04 Å². The fourth-order valence-corrected chi connectivity index (χ4v) is 2.47. The number of likely N-dealkylation sites (tertiary alicyclic amines) is 1. The molecular weight excluding hydrogens is 244 g/mol. The van der Waals surface area contributed by atoms with Gasteiger partial charge in [0.25, 0.3) is 0 Å². The lowest BCUT2D eigenvalue weighted by atomic mass is 10.0. The predicted molar refractivity (Wildman–Crippen MR) is 73.9 cm³/mol. The van der Waals surface area contributed by atoms with Crippen LogP contribution in [0.5, 0.6) is 0 Å². The van der Waals surface area contributed by atoms with E-state index < -0.39 is 18.1 Å². The largest absolute Gasteiger partial charge is 0.480 e. The maximum Gasteiger partial charge on any atom is 0.320 e. The van der Waals surface area contributed by atoms with Gasteiger partial charge in [-0.15, -0.1) is 0 Å². The summed E-state index contributed by atoms with van der Waals surface area (Å²) in [5.74, 6) is -0.576. The summed E-state index contributed by atoms with van der Waals surface area (Å²) in [6.07, 6.45) is 3.81. The quantitative estimate of drug-likeness (QED) is 0.767. The van der Waals surface area contributed by atoms with Crippen molar-refractivity contribution in [2.45, 2.75) is 58.5 Å². The Balaban J connectivity index is 2.52. The molecule has 19 heavy (non-hydrogen) atoms. The minimum atomic E-state index is -0.882. The number of carbonyl (C=O) groups excluding carboxylic acids is 1. The first-order valence-corrected chi connectivity index (χ1v) is 7.19. The maximum absolute atomic E-state index is 12.2. The van der Waals surface area contributed by atoms with Crippen molar-refractivity contribution < 1.29 is 14.7 Å². The number of aliphatic carboxylic acids is 1. The molecule has 1 aliphatic rings. The summed E-state index contributed by atoms with van der Waals surface area (Å²) in [5.41, 5.74) is 0. The number of carbonyl (C=O) groups is 2. The zero-order valence-electron chi connectivity index (χ0n) is 12.2. The second-order valence-corrected chi connectivity index (χ2v) is 5.79. The number of piperidine rings is 1. The smallest absolute Gasteiger partial charge is 0.320 e. The Labute approximate surface area is 115 Å². The van der Waals surface area contributed by atoms with Gasteiger partial charge in [0.1, 0.15) is 6.04 Å². The normalized spacial score (nSPS) is 19.3. The van der Waals surface area contributed by atoms with Crippen LogP contribution in [-0.4, -0.2) is 47.1 Å². The van der Waals surface area contributed by atoms with Crippen molar-refractivity contribution in [2.24, 2.45) is 5.92 Å². The maximum atomic E-state index is 12.2. The standard InChI is InChI=1S/C14H26N2O3/c1-10(2)9-12(14(18)19)15-11(3)13(17)16-7-5-4-6-8-16/h10-12,15H,4-9H2,1-3H3,(H,18,19). The van der Waals surface area contributed by atoms with Crippen LogP contribution in [0.1, 0.15) is 46.5 Å². The molecule has 1 heterocycles. The summed E-state index contributed by atoms with van der Waals surface area (Å²) < 4.78 is 0. The van der Waals surface area contributed by atoms with Crippen LogP contribution in [0.25, 0.3) is 0 Å². The number of hydrogen-bond acceptors (Lipinski definition) is 3. The molecule has 0 saturated carbocycles. The van der Waals surface area contributed by atoms with Gasteiger partial charge in [-0.2, -0.15) is 0 Å². The predicted octanol–water partition coefficient (Wildman–Crippen LogP) is 1.48. The number of hydrogen-bond donors (Lipinski definition) is 2. The second-order valence-electron chi connectivity index (χ2n) is 5.79. The van der Waals surface area contributed by atoms with E-state index >= 15 is 0 Å². The molecule has 2 atom stereocenters. The molecule has 0 radical (unpaired) electrons. The van der Waals surface area contributed by atoms with Gasteiger partial charge in [0.15, 0.2) is 0 Å². The third-order valence-corrected chi connectivity index (χ3v) is 3.49. The molecule has 0 aromatic heterocycles. The van der Waals surface area contributed by atoms with Gasteiger partial charge in [-0.25, -0.2) is 0 Å². The van der Waals surface area contributed by atoms with Gasteiger partial charge in [0.2, 0.25) is 5.91 Å². The van der Waals surface area contributed by atoms with Crippen LogP contribution in [-0.2, 0) is 9.59 Å². The van der Waals surface area contributed by atoms with Crippen molar-refractivity contribution in [3.8, 4) is 0 Å². The Kier molecular flexibility index (Phi) is 6.28. The number of nitrogens with one attached hydrogen (secondary N) is 1. The van der Waals surface area contributed by atoms with Crippen molar-refractivity contribution >= 4 is 11.9 Å². The molecular formula is C14H26N2O3. The van der Waals surface area contributed by atoms with Crippen LogP contribution in [0.3, 0.4) is 0 Å². The summed E-state index contributed by atoms with van der Waals surface area (Å²) in [6.45, 7) is 7.32. The first-order chi connectivity index (χ1) is 8.91. The highest BCUT2D eigenvalue weighted by atomic mass is 16.4. The topological polar surface area (TPSA) is 69.6 Å². The number of rotatable bonds is 6. The lowest BCUT2D eigenvalue weighted by molar-refractivity contribution is -0.141. The van der Waals surface area contributed by atoms with Gasteiger partial charge in [-0.3, -0.25) is 14.9 Å². The van der Waals surface area contributed by atoms with E-state index in [1.165, 1.54) is 6.42 Å². The van der Waals surface area contributed by atoms with Gasteiger partial charge < -0.3 is 10.0 Å². The summed E-state index contributed by atoms with van der Waals surface area (Å²) in [4.78, 5) is 25.2. The van der Waals surface area contributed by atoms with Crippen LogP contribution < -0.4 is 5.32 Å². The summed E-state index contributed by atoms with van der Waals surface area (Å²) in [7, 11) is 0. The highest BCUT2D eigenvalue weighted by molar-refractivity contribution is 5.83. The van der Waals surface area contributed by atoms with Gasteiger partial charge >= 0.3 is 5.97 Å². The molecule has 0 spiro atoms. The number of carboxylic acid groups (broad SMARTS) is 1. The number of carboxylic acids is 1. The lowest BCUT2D eigenvalue weighted by Gasteiger charge is -2.30. The van der Waals surface area contributed by atoms with Crippen molar-refractivity contribution in [3.63, 3.8) is 0 Å². The Hall–Kier alpha value is -1.10. The Bertz CT molecular complexity index is 312. The minimum absolute atomic E-state index is 0.0229. The molecule has 1 amide bonds. The molecule has 1 aliphatic heterocycles. The number of nitrogens with zero attached hydrogens (tertiary/aromatic N) is 1. The molecule has 1 rings (SSSR count). The molecule has 110 valence electrons. The van der Waals surface area contributed by atoms with E-state index in [9.17, 15) is 14.7 Å². The highest BCUT2D eigenvalue weighted by Gasteiger charge is 2.27. The minimum Gasteiger partial charge on any atom is -0.480 e. The van der Waals surface area contributed by atoms with E-state index in [1.807, 2.05) is 18.7 Å². The summed E-state index contributed by atoms with van der Waals surface area (Å²) in [5, 5.41) is 12.1. The van der Waals surface area contributed by atoms with Crippen LogP contribution >= 0.6 is 0 Å². The molecule has 1 saturated heterocycles. The third-order valence-electron chi connectivity index (χ3n) is 3.49. The van der Waals surface area contributed by atoms with E-state index in [0.29, 0.717) is 6.42 Å². The fourth-order valence-electron chi connectivity index (χ4n) is 2.47. The van der Waals surface area contributed by atoms with Crippen molar-refractivity contribution in [1.82, 2.24) is 10.2 Å². The average Bonchev–Trinajstić information content (AvgIpc) is 2.37. The van der Waals surface area contributed by atoms with E-state index in [0.717, 1.165) is 25.9 Å². The zero-order valence-corrected chi connectivity index (χ0v) is 12.2. The van der Waals surface area contributed by atoms with Crippen molar-refractivity contribution in [3.05, 3.63) is 0 Å². The van der Waals surface area contributed by atoms with Crippen LogP contribution in [0.4, 0.5) is 0 Å². The molecule has 5 nitrogen and oxygen atoms in total. The van der Waals surface area contributed by atoms with Crippen molar-refractivity contribution in [2.75, 3.05) is 13.1 Å². The molecule has 1 fully saturated rings. The molecule has 2 unspecified atom stereocenters. The van der Waals surface area contributed by atoms with Crippen LogP contribution in [0.15, 0.2) is 0 Å². The van der Waals surface area contributed by atoms with Gasteiger partial charge in [-0.1, -0.05) is 13.8 Å². The Morgan fingerprint density at radius 3 is 2.21 bits per heavy atom. The fraction of sp³-hybridized carbons (Fsp3) is 0.857. The average molecular weight is 270 g/mol. The molecule has 0 aromatic rings. The van der Waals surface area contributed by atoms with Crippen LogP contribution in [0, 0.1) is 5.92 Å². The monoisotopic (exact) mass is 270 g/mol. The first kappa shape index (κ1) is 16.0. The number of amides is 1. The Morgan fingerprint density at radius 2 is 1.74 bits per heavy atom. The van der Waals surface area contributed by atoms with Gasteiger partial charge in [0, 0.05) is 13.1 Å². The zero-order chi connectivity index (χ0) is 14.4. The Morgan fingerprint density at radius 1 is 1.16 bits per heavy atom. The first-order valence-electron chi connectivity index (χ1n) is 7.19. The van der Waals surface area contributed by atoms with Crippen LogP contribution in [0.2, 0.25) is 0 Å². The summed E-state index contributed by atoms with van der Waals surface area (Å²) in [6, 6.07) is -1.08. The van der Waals surface area contributed by atoms with E-state index in [4.69, 9.17) is 0 Å². The molecule has 2 N–H and O–H groups in total. The van der Waals surface area contributed by atoms with E-state index in [1.54, 1.807) is 6.92 Å². The lowest BCUT2D eigenvalue weighted by Crippen LogP contribution is -2.52. The van der Waals surface area contributed by atoms with Crippen molar-refractivity contribution in [1.29, 1.82) is 0 Å². The summed E-state index contributed by atoms with van der Waals surface area (Å²) >= 11 is 0. The molecule has 0 aromatic carbocycles. The van der Waals surface area contributed by atoms with E-state index in [2.05, 4.69) is 5.32 Å². The highest BCUT2D eigenvalue weighted by Crippen LogP contribution is 2.11. The second kappa shape index (κ2) is 7.48. The molecule has 0 aliphatic carbocycles. The van der Waals surface area contributed by atoms with Gasteiger partial charge in [-0.05, 0) is 38.5 Å². The molecule has 5 heteroatoms. The third kappa shape index (κ3) is 5.19. The SMILES string of the molecule is CC(C)CC(NC(C)C(=O)N1CCCCC1)C(=O)O. The molecule has 0 bridgehead atoms.